The summed E-state index contributed by atoms with van der Waals surface area (Å²) in [6, 6.07) is 9.23. The molecule has 1 N–H and O–H groups in total. The molecule has 0 saturated carbocycles. The normalized spacial score (nSPS) is 19.8. The predicted octanol–water partition coefficient (Wildman–Crippen LogP) is 2.17. The molecule has 104 valence electrons. The third-order valence-electron chi connectivity index (χ3n) is 3.83. The third-order valence-corrected chi connectivity index (χ3v) is 3.83. The van der Waals surface area contributed by atoms with Gasteiger partial charge in [-0.1, -0.05) is 38.1 Å². The van der Waals surface area contributed by atoms with E-state index in [2.05, 4.69) is 43.4 Å². The molecule has 1 fully saturated rings. The summed E-state index contributed by atoms with van der Waals surface area (Å²) in [4.78, 5) is 13.3. The van der Waals surface area contributed by atoms with Crippen molar-refractivity contribution in [1.29, 1.82) is 0 Å². The average Bonchev–Trinajstić information content (AvgIpc) is 2.39. The maximum absolute atomic E-state index is 11.4. The smallest absolute Gasteiger partial charge is 0.219 e. The van der Waals surface area contributed by atoms with Crippen LogP contribution in [0.5, 0.6) is 0 Å². The Kier molecular flexibility index (Phi) is 4.59. The number of rotatable bonds is 3. The molecule has 1 unspecified atom stereocenters. The number of amides is 1. The highest BCUT2D eigenvalue weighted by molar-refractivity contribution is 5.73. The van der Waals surface area contributed by atoms with Gasteiger partial charge in [0.1, 0.15) is 0 Å². The van der Waals surface area contributed by atoms with Gasteiger partial charge < -0.3 is 10.2 Å². The van der Waals surface area contributed by atoms with Crippen molar-refractivity contribution in [3.05, 3.63) is 35.4 Å². The second-order valence-electron chi connectivity index (χ2n) is 5.72. The lowest BCUT2D eigenvalue weighted by molar-refractivity contribution is -0.130. The van der Waals surface area contributed by atoms with Crippen LogP contribution in [-0.4, -0.2) is 36.5 Å². The molecule has 0 spiro atoms. The van der Waals surface area contributed by atoms with Crippen LogP contribution in [0.25, 0.3) is 0 Å². The highest BCUT2D eigenvalue weighted by Gasteiger charge is 2.20. The highest BCUT2D eigenvalue weighted by atomic mass is 16.2. The van der Waals surface area contributed by atoms with E-state index in [1.54, 1.807) is 6.92 Å². The van der Waals surface area contributed by atoms with Gasteiger partial charge in [0.25, 0.3) is 0 Å². The molecule has 1 atom stereocenters. The van der Waals surface area contributed by atoms with Crippen LogP contribution in [-0.2, 0) is 11.2 Å². The summed E-state index contributed by atoms with van der Waals surface area (Å²) in [6.45, 7) is 8.62. The lowest BCUT2D eigenvalue weighted by Crippen LogP contribution is -2.52. The molecule has 1 aromatic carbocycles. The second-order valence-corrected chi connectivity index (χ2v) is 5.72. The first-order chi connectivity index (χ1) is 9.06. The van der Waals surface area contributed by atoms with E-state index >= 15 is 0 Å². The number of carbonyl (C=O) groups is 1. The Balaban J connectivity index is 1.95. The zero-order valence-corrected chi connectivity index (χ0v) is 12.1. The van der Waals surface area contributed by atoms with E-state index in [1.807, 2.05) is 4.90 Å². The van der Waals surface area contributed by atoms with Crippen molar-refractivity contribution >= 4 is 5.91 Å². The van der Waals surface area contributed by atoms with E-state index in [4.69, 9.17) is 0 Å². The van der Waals surface area contributed by atoms with Crippen LogP contribution < -0.4 is 5.32 Å². The van der Waals surface area contributed by atoms with Gasteiger partial charge in [0, 0.05) is 32.6 Å². The Morgan fingerprint density at radius 1 is 1.37 bits per heavy atom. The molecule has 0 aromatic heterocycles. The third kappa shape index (κ3) is 3.80. The predicted molar refractivity (Wildman–Crippen MR) is 78.3 cm³/mol. The summed E-state index contributed by atoms with van der Waals surface area (Å²) in [7, 11) is 0. The molecule has 2 rings (SSSR count). The molecule has 1 heterocycles. The van der Waals surface area contributed by atoms with Crippen LogP contribution in [0, 0.1) is 0 Å². The minimum absolute atomic E-state index is 0.182. The fraction of sp³-hybridized carbons (Fsp3) is 0.562. The quantitative estimate of drug-likeness (QED) is 0.903. The van der Waals surface area contributed by atoms with Crippen molar-refractivity contribution < 1.29 is 4.79 Å². The van der Waals surface area contributed by atoms with E-state index in [0.29, 0.717) is 12.0 Å². The molecule has 3 nitrogen and oxygen atoms in total. The van der Waals surface area contributed by atoms with Gasteiger partial charge in [-0.05, 0) is 23.5 Å². The number of hydrogen-bond acceptors (Lipinski definition) is 2. The summed E-state index contributed by atoms with van der Waals surface area (Å²) in [5, 5.41) is 3.50. The average molecular weight is 260 g/mol. The van der Waals surface area contributed by atoms with E-state index in [1.165, 1.54) is 11.1 Å². The monoisotopic (exact) mass is 260 g/mol. The van der Waals surface area contributed by atoms with Crippen LogP contribution >= 0.6 is 0 Å². The fourth-order valence-corrected chi connectivity index (χ4v) is 2.57. The zero-order valence-electron chi connectivity index (χ0n) is 12.1. The van der Waals surface area contributed by atoms with Gasteiger partial charge in [-0.15, -0.1) is 0 Å². The molecule has 19 heavy (non-hydrogen) atoms. The SMILES string of the molecule is CC(=O)N1CCNC(Cc2ccc(C(C)C)cc2)C1. The first-order valence-electron chi connectivity index (χ1n) is 7.14. The van der Waals surface area contributed by atoms with Crippen molar-refractivity contribution in [2.45, 2.75) is 39.2 Å². The first kappa shape index (κ1) is 14.1. The van der Waals surface area contributed by atoms with E-state index in [-0.39, 0.29) is 5.91 Å². The maximum atomic E-state index is 11.4. The van der Waals surface area contributed by atoms with Crippen molar-refractivity contribution in [2.75, 3.05) is 19.6 Å². The topological polar surface area (TPSA) is 32.3 Å². The summed E-state index contributed by atoms with van der Waals surface area (Å²) in [5.74, 6) is 0.761. The molecule has 1 aliphatic heterocycles. The van der Waals surface area contributed by atoms with Gasteiger partial charge >= 0.3 is 0 Å². The van der Waals surface area contributed by atoms with Crippen molar-refractivity contribution in [3.8, 4) is 0 Å². The molecule has 1 aliphatic rings. The Morgan fingerprint density at radius 2 is 2.05 bits per heavy atom. The van der Waals surface area contributed by atoms with Crippen molar-refractivity contribution in [3.63, 3.8) is 0 Å². The van der Waals surface area contributed by atoms with Gasteiger partial charge in [0.15, 0.2) is 0 Å². The van der Waals surface area contributed by atoms with Crippen LogP contribution in [0.1, 0.15) is 37.8 Å². The van der Waals surface area contributed by atoms with E-state index in [9.17, 15) is 4.79 Å². The zero-order chi connectivity index (χ0) is 13.8. The molecule has 0 radical (unpaired) electrons. The minimum atomic E-state index is 0.182. The van der Waals surface area contributed by atoms with Gasteiger partial charge in [-0.3, -0.25) is 4.79 Å². The Morgan fingerprint density at radius 3 is 2.63 bits per heavy atom. The molecule has 0 bridgehead atoms. The van der Waals surface area contributed by atoms with Crippen molar-refractivity contribution in [1.82, 2.24) is 10.2 Å². The lowest BCUT2D eigenvalue weighted by Gasteiger charge is -2.33. The van der Waals surface area contributed by atoms with Crippen LogP contribution in [0.2, 0.25) is 0 Å². The standard InChI is InChI=1S/C16H24N2O/c1-12(2)15-6-4-14(5-7-15)10-16-11-18(13(3)19)9-8-17-16/h4-7,12,16-17H,8-11H2,1-3H3. The van der Waals surface area contributed by atoms with Gasteiger partial charge in [-0.2, -0.15) is 0 Å². The summed E-state index contributed by atoms with van der Waals surface area (Å²) >= 11 is 0. The second kappa shape index (κ2) is 6.20. The van der Waals surface area contributed by atoms with Gasteiger partial charge in [-0.25, -0.2) is 0 Å². The Hall–Kier alpha value is -1.35. The lowest BCUT2D eigenvalue weighted by atomic mass is 9.98. The first-order valence-corrected chi connectivity index (χ1v) is 7.14. The number of carbonyl (C=O) groups excluding carboxylic acids is 1. The number of nitrogens with zero attached hydrogens (tertiary/aromatic N) is 1. The molecular formula is C16H24N2O. The van der Waals surface area contributed by atoms with E-state index in [0.717, 1.165) is 26.1 Å². The number of piperazine rings is 1. The summed E-state index contributed by atoms with van der Waals surface area (Å²) in [6.07, 6.45) is 0.988. The number of nitrogens with one attached hydrogen (secondary N) is 1. The summed E-state index contributed by atoms with van der Waals surface area (Å²) < 4.78 is 0. The van der Waals surface area contributed by atoms with Gasteiger partial charge in [0.05, 0.1) is 0 Å². The fourth-order valence-electron chi connectivity index (χ4n) is 2.57. The van der Waals surface area contributed by atoms with Gasteiger partial charge in [0.2, 0.25) is 5.91 Å². The Labute approximate surface area is 116 Å². The molecule has 3 heteroatoms. The van der Waals surface area contributed by atoms with Crippen LogP contribution in [0.15, 0.2) is 24.3 Å². The van der Waals surface area contributed by atoms with Crippen molar-refractivity contribution in [2.24, 2.45) is 0 Å². The number of hydrogen-bond donors (Lipinski definition) is 1. The molecule has 0 aliphatic carbocycles. The number of benzene rings is 1. The minimum Gasteiger partial charge on any atom is -0.340 e. The largest absolute Gasteiger partial charge is 0.340 e. The molecule has 1 aromatic rings. The summed E-state index contributed by atoms with van der Waals surface area (Å²) in [5.41, 5.74) is 2.72. The maximum Gasteiger partial charge on any atom is 0.219 e. The van der Waals surface area contributed by atoms with Crippen LogP contribution in [0.3, 0.4) is 0 Å². The molecular weight excluding hydrogens is 236 g/mol. The molecule has 1 amide bonds. The highest BCUT2D eigenvalue weighted by Crippen LogP contribution is 2.16. The Bertz CT molecular complexity index is 425. The molecule has 1 saturated heterocycles. The van der Waals surface area contributed by atoms with Crippen LogP contribution in [0.4, 0.5) is 0 Å². The van der Waals surface area contributed by atoms with E-state index < -0.39 is 0 Å².